The zero-order valence-corrected chi connectivity index (χ0v) is 28.4. The summed E-state index contributed by atoms with van der Waals surface area (Å²) in [5.74, 6) is -1.79. The number of thioether (sulfide) groups is 1. The molecule has 1 saturated heterocycles. The van der Waals surface area contributed by atoms with E-state index in [1.165, 1.54) is 16.3 Å². The minimum Gasteiger partial charge on any atom is -0.459 e. The predicted octanol–water partition coefficient (Wildman–Crippen LogP) is 5.49. The summed E-state index contributed by atoms with van der Waals surface area (Å²) in [4.78, 5) is 49.5. The van der Waals surface area contributed by atoms with E-state index in [0.717, 1.165) is 16.7 Å². The first kappa shape index (κ1) is 33.6. The first-order chi connectivity index (χ1) is 23.5. The highest BCUT2D eigenvalue weighted by Gasteiger charge is 2.61. The molecule has 1 fully saturated rings. The van der Waals surface area contributed by atoms with Gasteiger partial charge in [-0.1, -0.05) is 53.1 Å². The van der Waals surface area contributed by atoms with Crippen LogP contribution in [0.4, 0.5) is 5.95 Å². The van der Waals surface area contributed by atoms with Crippen molar-refractivity contribution >= 4 is 41.1 Å². The van der Waals surface area contributed by atoms with Crippen LogP contribution in [0.25, 0.3) is 5.52 Å². The Labute approximate surface area is 286 Å². The number of hydrogen-bond donors (Lipinski definition) is 1. The second kappa shape index (κ2) is 13.7. The van der Waals surface area contributed by atoms with E-state index in [1.807, 2.05) is 27.0 Å². The molecule has 49 heavy (non-hydrogen) atoms. The molecule has 4 atom stereocenters. The molecular formula is C36H35N5O7S. The van der Waals surface area contributed by atoms with Crippen LogP contribution in [-0.4, -0.2) is 68.2 Å². The number of benzene rings is 3. The van der Waals surface area contributed by atoms with E-state index < -0.39 is 41.8 Å². The molecule has 13 heteroatoms. The molecule has 0 radical (unpaired) electrons. The van der Waals surface area contributed by atoms with Crippen LogP contribution < -0.4 is 5.73 Å². The fourth-order valence-corrected chi connectivity index (χ4v) is 6.16. The minimum atomic E-state index is -1.72. The number of hydrogen-bond acceptors (Lipinski definition) is 12. The van der Waals surface area contributed by atoms with Gasteiger partial charge in [0.25, 0.3) is 0 Å². The molecule has 1 aliphatic rings. The van der Waals surface area contributed by atoms with Crippen molar-refractivity contribution in [2.75, 3.05) is 18.6 Å². The topological polar surface area (TPSA) is 157 Å². The van der Waals surface area contributed by atoms with Crippen LogP contribution in [0.15, 0.2) is 84.0 Å². The molecule has 252 valence electrons. The molecule has 0 spiro atoms. The van der Waals surface area contributed by atoms with Gasteiger partial charge in [0, 0.05) is 0 Å². The van der Waals surface area contributed by atoms with Crippen molar-refractivity contribution in [1.82, 2.24) is 19.6 Å². The third-order valence-electron chi connectivity index (χ3n) is 8.35. The molecule has 0 amide bonds. The molecule has 0 aliphatic carbocycles. The number of esters is 3. The van der Waals surface area contributed by atoms with Crippen molar-refractivity contribution in [3.63, 3.8) is 0 Å². The Hall–Kier alpha value is -5.27. The van der Waals surface area contributed by atoms with Gasteiger partial charge in [-0.15, -0.1) is 16.9 Å². The Kier molecular flexibility index (Phi) is 9.39. The van der Waals surface area contributed by atoms with Gasteiger partial charge in [0.2, 0.25) is 5.95 Å². The number of anilines is 1. The van der Waals surface area contributed by atoms with Crippen molar-refractivity contribution in [2.24, 2.45) is 0 Å². The summed E-state index contributed by atoms with van der Waals surface area (Å²) in [6.07, 6.45) is -0.154. The van der Waals surface area contributed by atoms with Crippen LogP contribution in [0, 0.1) is 20.8 Å². The van der Waals surface area contributed by atoms with Crippen LogP contribution in [-0.2, 0) is 18.9 Å². The third kappa shape index (κ3) is 6.85. The minimum absolute atomic E-state index is 0.0154. The molecule has 1 aliphatic heterocycles. The number of fused-ring (bicyclic) bond motifs is 1. The molecule has 3 heterocycles. The zero-order valence-electron chi connectivity index (χ0n) is 27.6. The lowest BCUT2D eigenvalue weighted by Gasteiger charge is -2.34. The van der Waals surface area contributed by atoms with Crippen LogP contribution >= 0.6 is 11.8 Å². The van der Waals surface area contributed by atoms with Crippen molar-refractivity contribution in [3.8, 4) is 0 Å². The Morgan fingerprint density at radius 3 is 1.94 bits per heavy atom. The summed E-state index contributed by atoms with van der Waals surface area (Å²) in [6.45, 7) is 6.97. The number of nitrogen functional groups attached to an aromatic ring is 1. The molecule has 0 saturated carbocycles. The lowest BCUT2D eigenvalue weighted by atomic mass is 9.91. The van der Waals surface area contributed by atoms with Crippen LogP contribution in [0.1, 0.15) is 66.6 Å². The number of aromatic nitrogens is 4. The summed E-state index contributed by atoms with van der Waals surface area (Å²) >= 11 is 1.35. The number of nitrogens with two attached hydrogens (primary N) is 1. The SMILES string of the molecule is CSc1nc(N)nn2c([C@@H]3O[C@H](COC(=O)c4ccc(C)cc4)C(OC(=O)c4ccc(C)cc4)[C@@]3(C)OC(=O)c3ccc(C)cc3)ncc12. The number of imidazole rings is 1. The van der Waals surface area contributed by atoms with Gasteiger partial charge in [0.1, 0.15) is 23.3 Å². The van der Waals surface area contributed by atoms with E-state index in [4.69, 9.17) is 24.7 Å². The van der Waals surface area contributed by atoms with Crippen LogP contribution in [0.2, 0.25) is 0 Å². The van der Waals surface area contributed by atoms with Crippen molar-refractivity contribution in [2.45, 2.75) is 56.6 Å². The largest absolute Gasteiger partial charge is 0.459 e. The first-order valence-corrected chi connectivity index (χ1v) is 16.7. The van der Waals surface area contributed by atoms with Gasteiger partial charge in [0.15, 0.2) is 23.6 Å². The third-order valence-corrected chi connectivity index (χ3v) is 9.04. The van der Waals surface area contributed by atoms with E-state index >= 15 is 0 Å². The van der Waals surface area contributed by atoms with E-state index in [0.29, 0.717) is 16.1 Å². The number of ether oxygens (including phenoxy) is 4. The smallest absolute Gasteiger partial charge is 0.338 e. The van der Waals surface area contributed by atoms with E-state index in [1.54, 1.807) is 85.9 Å². The van der Waals surface area contributed by atoms with E-state index in [9.17, 15) is 14.4 Å². The Morgan fingerprint density at radius 1 is 0.857 bits per heavy atom. The zero-order chi connectivity index (χ0) is 34.9. The molecule has 3 aromatic carbocycles. The number of aryl methyl sites for hydroxylation is 3. The maximum atomic E-state index is 13.8. The average Bonchev–Trinajstić information content (AvgIpc) is 3.61. The number of rotatable bonds is 9. The molecule has 2 N–H and O–H groups in total. The molecule has 5 aromatic rings. The van der Waals surface area contributed by atoms with Gasteiger partial charge >= 0.3 is 17.9 Å². The summed E-state index contributed by atoms with van der Waals surface area (Å²) < 4.78 is 26.2. The maximum absolute atomic E-state index is 13.8. The second-order valence-electron chi connectivity index (χ2n) is 12.0. The van der Waals surface area contributed by atoms with Gasteiger partial charge in [-0.05, 0) is 70.3 Å². The highest BCUT2D eigenvalue weighted by atomic mass is 32.2. The molecule has 12 nitrogen and oxygen atoms in total. The molecular weight excluding hydrogens is 646 g/mol. The number of carbonyl (C=O) groups is 3. The molecule has 0 bridgehead atoms. The normalized spacial score (nSPS) is 20.2. The fourth-order valence-electron chi connectivity index (χ4n) is 5.63. The second-order valence-corrected chi connectivity index (χ2v) is 12.8. The highest BCUT2D eigenvalue weighted by Crippen LogP contribution is 2.46. The van der Waals surface area contributed by atoms with Gasteiger partial charge in [0.05, 0.1) is 22.9 Å². The maximum Gasteiger partial charge on any atom is 0.338 e. The van der Waals surface area contributed by atoms with E-state index in [-0.39, 0.29) is 29.5 Å². The monoisotopic (exact) mass is 681 g/mol. The summed E-state index contributed by atoms with van der Waals surface area (Å²) in [7, 11) is 0. The summed E-state index contributed by atoms with van der Waals surface area (Å²) in [6, 6.07) is 20.6. The lowest BCUT2D eigenvalue weighted by molar-refractivity contribution is -0.0907. The predicted molar refractivity (Wildman–Crippen MR) is 181 cm³/mol. The van der Waals surface area contributed by atoms with E-state index in [2.05, 4.69) is 15.1 Å². The molecule has 1 unspecified atom stereocenters. The van der Waals surface area contributed by atoms with Gasteiger partial charge in [-0.3, -0.25) is 0 Å². The van der Waals surface area contributed by atoms with Crippen molar-refractivity contribution in [1.29, 1.82) is 0 Å². The van der Waals surface area contributed by atoms with Crippen LogP contribution in [0.3, 0.4) is 0 Å². The summed E-state index contributed by atoms with van der Waals surface area (Å²) in [5.41, 5.74) is 8.65. The standard InChI is InChI=1S/C36H35N5O7S/c1-20-6-12-23(13-7-20)32(42)45-19-27-28(47-33(43)24-14-8-21(2)9-15-24)36(4,48-34(44)25-16-10-22(3)11-17-25)29(46-27)30-38-18-26-31(49-5)39-35(37)40-41(26)30/h6-18,27-29H,19H2,1-5H3,(H2,37,40)/t27-,28?,29+,36-/m1/s1. The van der Waals surface area contributed by atoms with Crippen molar-refractivity contribution in [3.05, 3.63) is 118 Å². The number of nitrogens with zero attached hydrogens (tertiary/aromatic N) is 4. The van der Waals surface area contributed by atoms with Gasteiger partial charge < -0.3 is 24.7 Å². The van der Waals surface area contributed by atoms with Gasteiger partial charge in [-0.2, -0.15) is 0 Å². The Morgan fingerprint density at radius 2 is 1.39 bits per heavy atom. The fraction of sp³-hybridized carbons (Fsp3) is 0.278. The first-order valence-electron chi connectivity index (χ1n) is 15.5. The highest BCUT2D eigenvalue weighted by molar-refractivity contribution is 7.98. The summed E-state index contributed by atoms with van der Waals surface area (Å²) in [5, 5.41) is 4.95. The Bertz CT molecular complexity index is 2020. The van der Waals surface area contributed by atoms with Gasteiger partial charge in [-0.25, -0.2) is 28.9 Å². The molecule has 6 rings (SSSR count). The number of carbonyl (C=O) groups excluding carboxylic acids is 3. The quantitative estimate of drug-likeness (QED) is 0.119. The average molecular weight is 682 g/mol. The Balaban J connectivity index is 1.43. The van der Waals surface area contributed by atoms with Crippen molar-refractivity contribution < 1.29 is 33.3 Å². The molecule has 2 aromatic heterocycles. The lowest BCUT2D eigenvalue weighted by Crippen LogP contribution is -2.50. The van der Waals surface area contributed by atoms with Crippen LogP contribution in [0.5, 0.6) is 0 Å².